The zero-order valence-corrected chi connectivity index (χ0v) is 13.1. The fraction of sp³-hybridized carbons (Fsp3) is 0.167. The number of hydrogen-bond donors (Lipinski definition) is 1. The molecule has 0 bridgehead atoms. The summed E-state index contributed by atoms with van der Waals surface area (Å²) in [5.74, 6) is 0. The summed E-state index contributed by atoms with van der Waals surface area (Å²) >= 11 is 0.874. The Morgan fingerprint density at radius 2 is 1.71 bits per heavy atom. The van der Waals surface area contributed by atoms with Gasteiger partial charge in [0.05, 0.1) is 0 Å². The number of benzene rings is 1. The third-order valence-electron chi connectivity index (χ3n) is 2.32. The Kier molecular flexibility index (Phi) is 4.54. The fourth-order valence-electron chi connectivity index (χ4n) is 1.49. The Morgan fingerprint density at radius 3 is 2.19 bits per heavy atom. The summed E-state index contributed by atoms with van der Waals surface area (Å²) in [7, 11) is -3.70. The van der Waals surface area contributed by atoms with E-state index in [9.17, 15) is 21.6 Å². The molecule has 0 aliphatic rings. The standard InChI is InChI=1S/C12H10F3NO2S3/c1-8-2-7-11(19-8)21(17,18)16-9-3-5-10(6-4-9)20-12(13,14)15/h2-7,16H,1H3. The number of thioether (sulfide) groups is 1. The van der Waals surface area contributed by atoms with E-state index in [1.54, 1.807) is 13.0 Å². The van der Waals surface area contributed by atoms with Crippen molar-refractivity contribution in [2.45, 2.75) is 21.5 Å². The number of hydrogen-bond acceptors (Lipinski definition) is 4. The third kappa shape index (κ3) is 4.65. The number of halogens is 3. The van der Waals surface area contributed by atoms with E-state index in [1.807, 2.05) is 0 Å². The van der Waals surface area contributed by atoms with Gasteiger partial charge in [-0.15, -0.1) is 11.3 Å². The molecule has 0 aliphatic heterocycles. The molecule has 114 valence electrons. The first-order chi connectivity index (χ1) is 9.66. The Morgan fingerprint density at radius 1 is 1.10 bits per heavy atom. The maximum atomic E-state index is 12.2. The summed E-state index contributed by atoms with van der Waals surface area (Å²) in [4.78, 5) is 0.852. The lowest BCUT2D eigenvalue weighted by atomic mass is 10.3. The first kappa shape index (κ1) is 16.2. The molecule has 1 N–H and O–H groups in total. The Labute approximate surface area is 128 Å². The van der Waals surface area contributed by atoms with Crippen LogP contribution in [-0.2, 0) is 10.0 Å². The van der Waals surface area contributed by atoms with Crippen molar-refractivity contribution in [1.29, 1.82) is 0 Å². The highest BCUT2D eigenvalue weighted by atomic mass is 32.2. The van der Waals surface area contributed by atoms with Crippen molar-refractivity contribution < 1.29 is 21.6 Å². The minimum absolute atomic E-state index is 0.00239. The minimum Gasteiger partial charge on any atom is -0.279 e. The highest BCUT2D eigenvalue weighted by molar-refractivity contribution is 8.00. The van der Waals surface area contributed by atoms with Gasteiger partial charge in [0, 0.05) is 15.5 Å². The highest BCUT2D eigenvalue weighted by Gasteiger charge is 2.29. The van der Waals surface area contributed by atoms with Crippen molar-refractivity contribution in [2.75, 3.05) is 4.72 Å². The van der Waals surface area contributed by atoms with Crippen LogP contribution >= 0.6 is 23.1 Å². The Balaban J connectivity index is 2.13. The SMILES string of the molecule is Cc1ccc(S(=O)(=O)Nc2ccc(SC(F)(F)F)cc2)s1. The van der Waals surface area contributed by atoms with E-state index in [4.69, 9.17) is 0 Å². The van der Waals surface area contributed by atoms with E-state index >= 15 is 0 Å². The van der Waals surface area contributed by atoms with E-state index in [0.29, 0.717) is 0 Å². The van der Waals surface area contributed by atoms with Crippen LogP contribution in [0.4, 0.5) is 18.9 Å². The van der Waals surface area contributed by atoms with Gasteiger partial charge in [-0.1, -0.05) is 0 Å². The zero-order chi connectivity index (χ0) is 15.7. The number of thiophene rings is 1. The van der Waals surface area contributed by atoms with E-state index in [-0.39, 0.29) is 26.6 Å². The van der Waals surface area contributed by atoms with Crippen molar-refractivity contribution in [2.24, 2.45) is 0 Å². The Hall–Kier alpha value is -1.19. The molecule has 0 radical (unpaired) electrons. The van der Waals surface area contributed by atoms with Crippen molar-refractivity contribution in [3.63, 3.8) is 0 Å². The van der Waals surface area contributed by atoms with Gasteiger partial charge in [0.2, 0.25) is 0 Å². The first-order valence-electron chi connectivity index (χ1n) is 5.61. The number of rotatable bonds is 4. The van der Waals surface area contributed by atoms with Gasteiger partial charge in [0.1, 0.15) is 4.21 Å². The molecule has 1 aromatic heterocycles. The van der Waals surface area contributed by atoms with Crippen LogP contribution in [0, 0.1) is 6.92 Å². The van der Waals surface area contributed by atoms with Gasteiger partial charge in [-0.2, -0.15) is 13.2 Å². The maximum Gasteiger partial charge on any atom is 0.446 e. The first-order valence-corrected chi connectivity index (χ1v) is 8.72. The smallest absolute Gasteiger partial charge is 0.279 e. The van der Waals surface area contributed by atoms with Crippen LogP contribution in [0.2, 0.25) is 0 Å². The topological polar surface area (TPSA) is 46.2 Å². The van der Waals surface area contributed by atoms with Crippen molar-refractivity contribution in [3.8, 4) is 0 Å². The van der Waals surface area contributed by atoms with Crippen LogP contribution in [0.1, 0.15) is 4.88 Å². The summed E-state index contributed by atoms with van der Waals surface area (Å²) in [6, 6.07) is 8.20. The molecule has 3 nitrogen and oxygen atoms in total. The van der Waals surface area contributed by atoms with E-state index in [2.05, 4.69) is 4.72 Å². The molecule has 0 amide bonds. The summed E-state index contributed by atoms with van der Waals surface area (Å²) in [6.07, 6.45) is 0. The normalized spacial score (nSPS) is 12.4. The largest absolute Gasteiger partial charge is 0.446 e. The van der Waals surface area contributed by atoms with Gasteiger partial charge >= 0.3 is 5.51 Å². The summed E-state index contributed by atoms with van der Waals surface area (Å²) < 4.78 is 63.1. The molecule has 0 saturated carbocycles. The molecule has 1 aromatic carbocycles. The monoisotopic (exact) mass is 353 g/mol. The number of anilines is 1. The minimum atomic E-state index is -4.37. The summed E-state index contributed by atoms with van der Waals surface area (Å²) in [5, 5.41) is 0. The van der Waals surface area contributed by atoms with E-state index in [1.165, 1.54) is 30.3 Å². The molecule has 0 fully saturated rings. The molecule has 0 saturated heterocycles. The maximum absolute atomic E-state index is 12.2. The zero-order valence-electron chi connectivity index (χ0n) is 10.6. The number of sulfonamides is 1. The second-order valence-corrected chi connectivity index (χ2v) is 8.38. The molecule has 2 rings (SSSR count). The summed E-state index contributed by atoms with van der Waals surface area (Å²) in [5.41, 5.74) is -4.15. The predicted octanol–water partition coefficient (Wildman–Crippen LogP) is 4.47. The lowest BCUT2D eigenvalue weighted by Crippen LogP contribution is -2.11. The quantitative estimate of drug-likeness (QED) is 0.825. The van der Waals surface area contributed by atoms with Crippen molar-refractivity contribution >= 4 is 38.8 Å². The molecule has 2 aromatic rings. The average Bonchev–Trinajstić information content (AvgIpc) is 2.77. The highest BCUT2D eigenvalue weighted by Crippen LogP contribution is 2.37. The molecular weight excluding hydrogens is 343 g/mol. The lowest BCUT2D eigenvalue weighted by Gasteiger charge is -2.08. The molecule has 9 heteroatoms. The van der Waals surface area contributed by atoms with Crippen LogP contribution in [0.3, 0.4) is 0 Å². The lowest BCUT2D eigenvalue weighted by molar-refractivity contribution is -0.0328. The number of aryl methyl sites for hydroxylation is 1. The van der Waals surface area contributed by atoms with Crippen molar-refractivity contribution in [3.05, 3.63) is 41.3 Å². The Bertz CT molecular complexity index is 721. The van der Waals surface area contributed by atoms with Gasteiger partial charge in [-0.3, -0.25) is 4.72 Å². The summed E-state index contributed by atoms with van der Waals surface area (Å²) in [6.45, 7) is 1.78. The molecular formula is C12H10F3NO2S3. The third-order valence-corrected chi connectivity index (χ3v) is 5.93. The number of alkyl halides is 3. The predicted molar refractivity (Wildman–Crippen MR) is 78.2 cm³/mol. The van der Waals surface area contributed by atoms with Crippen LogP contribution in [0.15, 0.2) is 45.5 Å². The average molecular weight is 353 g/mol. The van der Waals surface area contributed by atoms with Gasteiger partial charge in [0.15, 0.2) is 0 Å². The van der Waals surface area contributed by atoms with Crippen LogP contribution < -0.4 is 4.72 Å². The molecule has 0 atom stereocenters. The van der Waals surface area contributed by atoms with E-state index < -0.39 is 15.5 Å². The van der Waals surface area contributed by atoms with Gasteiger partial charge < -0.3 is 0 Å². The molecule has 1 heterocycles. The molecule has 0 unspecified atom stereocenters. The van der Waals surface area contributed by atoms with Gasteiger partial charge in [-0.05, 0) is 55.1 Å². The second kappa shape index (κ2) is 5.90. The molecule has 0 spiro atoms. The van der Waals surface area contributed by atoms with E-state index in [0.717, 1.165) is 16.2 Å². The van der Waals surface area contributed by atoms with Crippen LogP contribution in [0.25, 0.3) is 0 Å². The van der Waals surface area contributed by atoms with Gasteiger partial charge in [0.25, 0.3) is 10.0 Å². The molecule has 21 heavy (non-hydrogen) atoms. The fourth-order valence-corrected chi connectivity index (χ4v) is 4.37. The van der Waals surface area contributed by atoms with Crippen LogP contribution in [-0.4, -0.2) is 13.9 Å². The van der Waals surface area contributed by atoms with Gasteiger partial charge in [-0.25, -0.2) is 8.42 Å². The second-order valence-electron chi connectivity index (χ2n) is 4.04. The van der Waals surface area contributed by atoms with Crippen molar-refractivity contribution in [1.82, 2.24) is 0 Å². The molecule has 0 aliphatic carbocycles. The number of nitrogens with one attached hydrogen (secondary N) is 1. The van der Waals surface area contributed by atoms with Crippen LogP contribution in [0.5, 0.6) is 0 Å².